The number of hydroxylamine groups is 1. The second-order valence-electron chi connectivity index (χ2n) is 19.5. The average molecular weight is 982 g/mol. The second-order valence-corrected chi connectivity index (χ2v) is 20.7. The number of carbonyl (C=O) groups excluding carboxylic acids is 4. The maximum atomic E-state index is 14.7. The first kappa shape index (κ1) is 46.9. The molecule has 0 aliphatic heterocycles. The minimum Gasteiger partial charge on any atom is -0.463 e. The van der Waals surface area contributed by atoms with E-state index in [9.17, 15) is 23.6 Å². The third-order valence-electron chi connectivity index (χ3n) is 15.2. The van der Waals surface area contributed by atoms with Crippen molar-refractivity contribution < 1.29 is 37.9 Å². The number of hydrogen-bond donors (Lipinski definition) is 3. The van der Waals surface area contributed by atoms with Crippen molar-refractivity contribution >= 4 is 63.4 Å². The fourth-order valence-electron chi connectivity index (χ4n) is 11.9. The highest BCUT2D eigenvalue weighted by atomic mass is 127. The average Bonchev–Trinajstić information content (AvgIpc) is 3.88. The van der Waals surface area contributed by atoms with Crippen LogP contribution >= 0.6 is 22.6 Å². The van der Waals surface area contributed by atoms with Gasteiger partial charge in [-0.3, -0.25) is 28.4 Å². The van der Waals surface area contributed by atoms with E-state index in [0.717, 1.165) is 58.8 Å². The second kappa shape index (κ2) is 20.4. The van der Waals surface area contributed by atoms with Crippen LogP contribution in [0.2, 0.25) is 0 Å². The smallest absolute Gasteiger partial charge is 0.325 e. The Labute approximate surface area is 384 Å². The number of anilines is 2. The highest BCUT2D eigenvalue weighted by molar-refractivity contribution is 14.1. The Hall–Kier alpha value is -4.05. The molecule has 3 fully saturated rings. The van der Waals surface area contributed by atoms with E-state index in [-0.39, 0.29) is 61.2 Å². The van der Waals surface area contributed by atoms with Crippen molar-refractivity contribution in [1.29, 1.82) is 0 Å². The number of esters is 2. The first-order chi connectivity index (χ1) is 30.2. The summed E-state index contributed by atoms with van der Waals surface area (Å²) in [5.41, 5.74) is 5.40. The van der Waals surface area contributed by atoms with E-state index in [1.165, 1.54) is 62.9 Å². The Kier molecular flexibility index (Phi) is 15.2. The molecule has 14 heteroatoms. The standard InChI is InChI=1S/C49H65FIN5O7/c1-30(2)7-6-8-31(3)38-14-15-39-36-12-9-32-25-35(19-21-48(32,4)40(36)20-22-49(38,39)5)63-45(59)28-53-43(57)17-18-44(58)61-23-24-62-55-47(60)37-13-11-34-27-52-29-56(34)46(37)54-42-16-10-33(51)26-41(42)50/h9-11,13,16,26-27,29-31,35-36,38-40,54H,6-8,12,14-15,17-25,28H2,1-5H3,(H,53,57)(H,55,60)/t31-,35+,36+,38-,39+,40+,48-,49-/m1/s1. The van der Waals surface area contributed by atoms with Crippen molar-refractivity contribution in [3.63, 3.8) is 0 Å². The molecule has 7 rings (SSSR count). The number of rotatable bonds is 18. The van der Waals surface area contributed by atoms with Crippen molar-refractivity contribution in [2.45, 2.75) is 124 Å². The van der Waals surface area contributed by atoms with Gasteiger partial charge in [0.05, 0.1) is 29.4 Å². The number of fused-ring (bicyclic) bond motifs is 6. The molecule has 1 aromatic carbocycles. The number of benzene rings is 1. The predicted octanol–water partition coefficient (Wildman–Crippen LogP) is 9.88. The van der Waals surface area contributed by atoms with Gasteiger partial charge < -0.3 is 20.1 Å². The summed E-state index contributed by atoms with van der Waals surface area (Å²) < 4.78 is 28.1. The molecule has 342 valence electrons. The lowest BCUT2D eigenvalue weighted by Crippen LogP contribution is -2.51. The number of aromatic nitrogens is 2. The normalized spacial score (nSPS) is 26.8. The van der Waals surface area contributed by atoms with Crippen LogP contribution in [0.1, 0.15) is 128 Å². The molecule has 0 radical (unpaired) electrons. The van der Waals surface area contributed by atoms with Gasteiger partial charge in [0, 0.05) is 16.4 Å². The molecular weight excluding hydrogens is 916 g/mol. The van der Waals surface area contributed by atoms with Crippen molar-refractivity contribution in [1.82, 2.24) is 20.2 Å². The van der Waals surface area contributed by atoms with Crippen molar-refractivity contribution in [3.05, 3.63) is 69.5 Å². The minimum absolute atomic E-state index is 0.153. The number of allylic oxidation sites excluding steroid dienone is 1. The van der Waals surface area contributed by atoms with E-state index in [0.29, 0.717) is 16.8 Å². The van der Waals surface area contributed by atoms with E-state index in [1.807, 2.05) is 22.6 Å². The molecule has 3 saturated carbocycles. The Morgan fingerprint density at radius 2 is 1.79 bits per heavy atom. The molecule has 3 aromatic rings. The zero-order valence-corrected chi connectivity index (χ0v) is 39.6. The molecule has 0 bridgehead atoms. The van der Waals surface area contributed by atoms with Crippen LogP contribution < -0.4 is 16.1 Å². The van der Waals surface area contributed by atoms with Gasteiger partial charge in [0.2, 0.25) is 5.91 Å². The zero-order valence-electron chi connectivity index (χ0n) is 37.5. The molecule has 0 unspecified atom stereocenters. The minimum atomic E-state index is -0.630. The Morgan fingerprint density at radius 3 is 2.59 bits per heavy atom. The molecular formula is C49H65FIN5O7. The summed E-state index contributed by atoms with van der Waals surface area (Å²) in [6.07, 6.45) is 18.2. The lowest BCUT2D eigenvalue weighted by Gasteiger charge is -2.58. The first-order valence-corrected chi connectivity index (χ1v) is 24.1. The first-order valence-electron chi connectivity index (χ1n) is 23.1. The lowest BCUT2D eigenvalue weighted by atomic mass is 9.47. The van der Waals surface area contributed by atoms with E-state index < -0.39 is 29.6 Å². The highest BCUT2D eigenvalue weighted by Gasteiger charge is 2.59. The van der Waals surface area contributed by atoms with Crippen LogP contribution in [0.4, 0.5) is 15.9 Å². The summed E-state index contributed by atoms with van der Waals surface area (Å²) in [5.74, 6) is 2.25. The molecule has 3 N–H and O–H groups in total. The Morgan fingerprint density at radius 1 is 0.968 bits per heavy atom. The number of halogens is 2. The third kappa shape index (κ3) is 10.7. The number of imidazole rings is 1. The molecule has 4 aliphatic rings. The van der Waals surface area contributed by atoms with Gasteiger partial charge in [-0.2, -0.15) is 0 Å². The van der Waals surface area contributed by atoms with Crippen LogP contribution in [0.3, 0.4) is 0 Å². The summed E-state index contributed by atoms with van der Waals surface area (Å²) in [5, 5.41) is 5.56. The highest BCUT2D eigenvalue weighted by Crippen LogP contribution is 2.67. The van der Waals surface area contributed by atoms with Crippen LogP contribution in [-0.4, -0.2) is 59.0 Å². The van der Waals surface area contributed by atoms with Crippen molar-refractivity contribution in [2.24, 2.45) is 46.3 Å². The molecule has 8 atom stereocenters. The zero-order chi connectivity index (χ0) is 44.9. The van der Waals surface area contributed by atoms with Gasteiger partial charge in [0.15, 0.2) is 0 Å². The van der Waals surface area contributed by atoms with Gasteiger partial charge in [0.1, 0.15) is 43.8 Å². The summed E-state index contributed by atoms with van der Waals surface area (Å²) in [4.78, 5) is 60.2. The number of amides is 2. The van der Waals surface area contributed by atoms with Crippen LogP contribution in [-0.2, 0) is 28.7 Å². The predicted molar refractivity (Wildman–Crippen MR) is 247 cm³/mol. The monoisotopic (exact) mass is 981 g/mol. The molecule has 0 saturated heterocycles. The SMILES string of the molecule is CC(C)CCC[C@@H](C)[C@H]1CC[C@H]2[C@@H]3CC=C4C[C@@H](OC(=O)CNC(=O)CCC(=O)OCCONC(=O)c5ccc6cncn6c5Nc5ccc(I)cc5F)CC[C@@]4(C)[C@H]3CC[C@]12C. The summed E-state index contributed by atoms with van der Waals surface area (Å²) in [6, 6.07) is 7.94. The van der Waals surface area contributed by atoms with Gasteiger partial charge in [-0.1, -0.05) is 65.5 Å². The van der Waals surface area contributed by atoms with Crippen LogP contribution in [0, 0.1) is 55.7 Å². The van der Waals surface area contributed by atoms with Gasteiger partial charge >= 0.3 is 11.9 Å². The number of nitrogens with zero attached hydrogens (tertiary/aromatic N) is 2. The van der Waals surface area contributed by atoms with E-state index in [2.05, 4.69) is 61.8 Å². The van der Waals surface area contributed by atoms with Crippen molar-refractivity contribution in [3.8, 4) is 0 Å². The lowest BCUT2D eigenvalue weighted by molar-refractivity contribution is -0.151. The molecule has 0 spiro atoms. The van der Waals surface area contributed by atoms with Gasteiger partial charge in [-0.25, -0.2) is 14.9 Å². The van der Waals surface area contributed by atoms with Crippen LogP contribution in [0.5, 0.6) is 0 Å². The Bertz CT molecular complexity index is 2180. The summed E-state index contributed by atoms with van der Waals surface area (Å²) in [6.45, 7) is 11.7. The summed E-state index contributed by atoms with van der Waals surface area (Å²) in [7, 11) is 0. The molecule has 63 heavy (non-hydrogen) atoms. The van der Waals surface area contributed by atoms with Crippen molar-refractivity contribution in [2.75, 3.05) is 25.1 Å². The van der Waals surface area contributed by atoms with Crippen LogP contribution in [0.15, 0.2) is 54.5 Å². The van der Waals surface area contributed by atoms with Gasteiger partial charge in [-0.15, -0.1) is 0 Å². The number of pyridine rings is 1. The molecule has 4 aliphatic carbocycles. The number of hydrogen-bond acceptors (Lipinski definition) is 9. The molecule has 2 aromatic heterocycles. The third-order valence-corrected chi connectivity index (χ3v) is 15.8. The fourth-order valence-corrected chi connectivity index (χ4v) is 12.4. The number of nitrogens with one attached hydrogen (secondary N) is 3. The van der Waals surface area contributed by atoms with Crippen LogP contribution in [0.25, 0.3) is 5.52 Å². The quantitative estimate of drug-likeness (QED) is 0.0372. The number of carbonyl (C=O) groups is 4. The Balaban J connectivity index is 0.790. The van der Waals surface area contributed by atoms with Gasteiger partial charge in [0.25, 0.3) is 5.91 Å². The maximum Gasteiger partial charge on any atom is 0.325 e. The molecule has 2 amide bonds. The van der Waals surface area contributed by atoms with E-state index >= 15 is 0 Å². The summed E-state index contributed by atoms with van der Waals surface area (Å²) >= 11 is 2.01. The largest absolute Gasteiger partial charge is 0.463 e. The fraction of sp³-hybridized carbons (Fsp3) is 0.612. The van der Waals surface area contributed by atoms with E-state index in [4.69, 9.17) is 14.3 Å². The molecule has 12 nitrogen and oxygen atoms in total. The van der Waals surface area contributed by atoms with E-state index in [1.54, 1.807) is 34.9 Å². The topological polar surface area (TPSA) is 149 Å². The molecule has 2 heterocycles. The maximum absolute atomic E-state index is 14.7. The van der Waals surface area contributed by atoms with Gasteiger partial charge in [-0.05, 0) is 144 Å². The number of ether oxygens (including phenoxy) is 2.